The minimum Gasteiger partial charge on any atom is -0.370 e. The zero-order chi connectivity index (χ0) is 20.3. The van der Waals surface area contributed by atoms with Crippen LogP contribution >= 0.6 is 15.9 Å². The summed E-state index contributed by atoms with van der Waals surface area (Å²) in [6.45, 7) is 0.976. The van der Waals surface area contributed by atoms with Gasteiger partial charge in [0.1, 0.15) is 5.82 Å². The third-order valence-electron chi connectivity index (χ3n) is 5.78. The van der Waals surface area contributed by atoms with Gasteiger partial charge >= 0.3 is 0 Å². The fraction of sp³-hybridized carbons (Fsp3) is 0.192. The van der Waals surface area contributed by atoms with E-state index in [0.717, 1.165) is 34.6 Å². The van der Waals surface area contributed by atoms with Crippen molar-refractivity contribution in [3.05, 3.63) is 112 Å². The van der Waals surface area contributed by atoms with Gasteiger partial charge in [-0.1, -0.05) is 72.8 Å². The van der Waals surface area contributed by atoms with Gasteiger partial charge in [-0.2, -0.15) is 5.10 Å². The fourth-order valence-electron chi connectivity index (χ4n) is 4.36. The second-order valence-corrected chi connectivity index (χ2v) is 8.57. The first-order valence-corrected chi connectivity index (χ1v) is 11.3. The fourth-order valence-corrected chi connectivity index (χ4v) is 4.81. The van der Waals surface area contributed by atoms with Gasteiger partial charge < -0.3 is 5.32 Å². The van der Waals surface area contributed by atoms with Crippen LogP contribution in [-0.2, 0) is 6.42 Å². The van der Waals surface area contributed by atoms with E-state index in [0.29, 0.717) is 0 Å². The van der Waals surface area contributed by atoms with Gasteiger partial charge in [0.2, 0.25) is 0 Å². The van der Waals surface area contributed by atoms with Crippen LogP contribution < -0.4 is 5.32 Å². The molecule has 0 atom stereocenters. The number of nitrogens with one attached hydrogen (secondary N) is 1. The van der Waals surface area contributed by atoms with Gasteiger partial charge in [-0.25, -0.2) is 4.68 Å². The first kappa shape index (κ1) is 19.1. The predicted octanol–water partition coefficient (Wildman–Crippen LogP) is 6.56. The van der Waals surface area contributed by atoms with E-state index in [1.165, 1.54) is 29.5 Å². The number of rotatable bonds is 4. The van der Waals surface area contributed by atoms with Crippen molar-refractivity contribution in [3.63, 3.8) is 0 Å². The third kappa shape index (κ3) is 3.56. The predicted molar refractivity (Wildman–Crippen MR) is 127 cm³/mol. The number of anilines is 1. The average Bonchev–Trinajstić information content (AvgIpc) is 2.97. The Kier molecular flexibility index (Phi) is 5.41. The molecule has 1 aliphatic heterocycles. The van der Waals surface area contributed by atoms with Gasteiger partial charge in [0.05, 0.1) is 17.3 Å². The highest BCUT2D eigenvalue weighted by atomic mass is 79.9. The monoisotopic (exact) mass is 457 g/mol. The summed E-state index contributed by atoms with van der Waals surface area (Å²) in [6.07, 6.45) is 3.38. The molecule has 5 rings (SSSR count). The van der Waals surface area contributed by atoms with Gasteiger partial charge in [0, 0.05) is 16.6 Å². The van der Waals surface area contributed by atoms with E-state index >= 15 is 0 Å². The Morgan fingerprint density at radius 2 is 1.43 bits per heavy atom. The van der Waals surface area contributed by atoms with E-state index in [1.54, 1.807) is 0 Å². The number of halogens is 1. The number of hydrogen-bond acceptors (Lipinski definition) is 2. The molecule has 1 aromatic heterocycles. The van der Waals surface area contributed by atoms with Crippen molar-refractivity contribution in [2.45, 2.75) is 25.2 Å². The lowest BCUT2D eigenvalue weighted by molar-refractivity contribution is 0.754. The highest BCUT2D eigenvalue weighted by Gasteiger charge is 2.28. The van der Waals surface area contributed by atoms with Crippen LogP contribution in [0.4, 0.5) is 5.82 Å². The molecule has 1 N–H and O–H groups in total. The van der Waals surface area contributed by atoms with Crippen LogP contribution in [0.15, 0.2) is 89.4 Å². The molecule has 0 spiro atoms. The molecule has 0 saturated carbocycles. The number of benzene rings is 3. The number of aromatic nitrogens is 2. The number of nitrogens with zero attached hydrogens (tertiary/aromatic N) is 2. The second-order valence-electron chi connectivity index (χ2n) is 7.71. The Balaban J connectivity index is 1.75. The van der Waals surface area contributed by atoms with E-state index in [-0.39, 0.29) is 5.92 Å². The third-order valence-corrected chi connectivity index (χ3v) is 6.45. The Morgan fingerprint density at radius 1 is 0.800 bits per heavy atom. The van der Waals surface area contributed by atoms with Crippen molar-refractivity contribution in [1.82, 2.24) is 9.78 Å². The standard InChI is InChI=1S/C26H24BrN3/c27-22-16-7-8-17-23(22)30-26-21(15-9-10-18-28-26)25(29-30)24(19-11-3-1-4-12-19)20-13-5-2-6-14-20/h1-8,11-14,16-17,24,28H,9-10,15,18H2. The highest BCUT2D eigenvalue weighted by Crippen LogP contribution is 2.39. The Hall–Kier alpha value is -2.85. The molecule has 1 aliphatic rings. The van der Waals surface area contributed by atoms with Gasteiger partial charge in [-0.3, -0.25) is 0 Å². The Labute approximate surface area is 185 Å². The molecule has 3 nitrogen and oxygen atoms in total. The molecule has 150 valence electrons. The summed E-state index contributed by atoms with van der Waals surface area (Å²) < 4.78 is 3.14. The van der Waals surface area contributed by atoms with Crippen LogP contribution in [0.2, 0.25) is 0 Å². The molecule has 0 radical (unpaired) electrons. The lowest BCUT2D eigenvalue weighted by atomic mass is 9.86. The molecule has 0 aliphatic carbocycles. The van der Waals surface area contributed by atoms with E-state index < -0.39 is 0 Å². The number of hydrogen-bond donors (Lipinski definition) is 1. The summed E-state index contributed by atoms with van der Waals surface area (Å²) >= 11 is 3.73. The molecular formula is C26H24BrN3. The van der Waals surface area contributed by atoms with Crippen molar-refractivity contribution in [2.24, 2.45) is 0 Å². The van der Waals surface area contributed by atoms with Gasteiger partial charge in [0.15, 0.2) is 0 Å². The maximum atomic E-state index is 5.24. The van der Waals surface area contributed by atoms with Gasteiger partial charge in [0.25, 0.3) is 0 Å². The summed E-state index contributed by atoms with van der Waals surface area (Å²) in [6, 6.07) is 29.8. The minimum atomic E-state index is 0.102. The smallest absolute Gasteiger partial charge is 0.133 e. The minimum absolute atomic E-state index is 0.102. The SMILES string of the molecule is Brc1ccccc1-n1nc(C(c2ccccc2)c2ccccc2)c2c1NCCCC2. The van der Waals surface area contributed by atoms with Crippen molar-refractivity contribution >= 4 is 21.7 Å². The maximum Gasteiger partial charge on any atom is 0.133 e. The molecule has 30 heavy (non-hydrogen) atoms. The number of para-hydroxylation sites is 1. The van der Waals surface area contributed by atoms with Crippen LogP contribution in [0.1, 0.15) is 41.1 Å². The molecule has 4 heteroatoms. The van der Waals surface area contributed by atoms with Crippen LogP contribution in [0.5, 0.6) is 0 Å². The quantitative estimate of drug-likeness (QED) is 0.375. The van der Waals surface area contributed by atoms with Crippen molar-refractivity contribution in [1.29, 1.82) is 0 Å². The summed E-state index contributed by atoms with van der Waals surface area (Å²) in [5.74, 6) is 1.23. The van der Waals surface area contributed by atoms with Gasteiger partial charge in [-0.05, 0) is 58.5 Å². The topological polar surface area (TPSA) is 29.9 Å². The summed E-state index contributed by atoms with van der Waals surface area (Å²) in [5.41, 5.74) is 6.09. The van der Waals surface area contributed by atoms with Crippen LogP contribution in [0, 0.1) is 0 Å². The molecular weight excluding hydrogens is 434 g/mol. The Bertz CT molecular complexity index is 1100. The van der Waals surface area contributed by atoms with E-state index in [9.17, 15) is 0 Å². The maximum absolute atomic E-state index is 5.24. The molecule has 2 heterocycles. The van der Waals surface area contributed by atoms with Crippen molar-refractivity contribution < 1.29 is 0 Å². The largest absolute Gasteiger partial charge is 0.370 e. The van der Waals surface area contributed by atoms with Crippen LogP contribution in [0.25, 0.3) is 5.69 Å². The van der Waals surface area contributed by atoms with E-state index in [2.05, 4.69) is 105 Å². The molecule has 0 saturated heterocycles. The zero-order valence-corrected chi connectivity index (χ0v) is 18.3. The lowest BCUT2D eigenvalue weighted by Gasteiger charge is -2.18. The van der Waals surface area contributed by atoms with E-state index in [1.807, 2.05) is 6.07 Å². The van der Waals surface area contributed by atoms with E-state index in [4.69, 9.17) is 5.10 Å². The highest BCUT2D eigenvalue weighted by molar-refractivity contribution is 9.10. The molecule has 4 aromatic rings. The molecule has 0 fully saturated rings. The second kappa shape index (κ2) is 8.49. The van der Waals surface area contributed by atoms with Crippen LogP contribution in [0.3, 0.4) is 0 Å². The number of fused-ring (bicyclic) bond motifs is 1. The first-order valence-electron chi connectivity index (χ1n) is 10.5. The molecule has 0 amide bonds. The summed E-state index contributed by atoms with van der Waals surface area (Å²) in [7, 11) is 0. The normalized spacial score (nSPS) is 13.5. The zero-order valence-electron chi connectivity index (χ0n) is 16.8. The Morgan fingerprint density at radius 3 is 2.10 bits per heavy atom. The summed E-state index contributed by atoms with van der Waals surface area (Å²) in [4.78, 5) is 0. The molecule has 0 bridgehead atoms. The lowest BCUT2D eigenvalue weighted by Crippen LogP contribution is -2.08. The van der Waals surface area contributed by atoms with Crippen molar-refractivity contribution in [3.8, 4) is 5.69 Å². The van der Waals surface area contributed by atoms with Crippen LogP contribution in [-0.4, -0.2) is 16.3 Å². The summed E-state index contributed by atoms with van der Waals surface area (Å²) in [5, 5.41) is 8.92. The molecule has 3 aromatic carbocycles. The van der Waals surface area contributed by atoms with Gasteiger partial charge in [-0.15, -0.1) is 0 Å². The van der Waals surface area contributed by atoms with Crippen molar-refractivity contribution in [2.75, 3.05) is 11.9 Å². The average molecular weight is 458 g/mol. The first-order chi connectivity index (χ1) is 14.8. The molecule has 0 unspecified atom stereocenters.